The number of rotatable bonds is 3. The predicted octanol–water partition coefficient (Wildman–Crippen LogP) is 3.71. The molecule has 0 radical (unpaired) electrons. The van der Waals surface area contributed by atoms with Crippen LogP contribution >= 0.6 is 0 Å². The first-order chi connectivity index (χ1) is 22.0. The molecule has 4 aliphatic heterocycles. The van der Waals surface area contributed by atoms with Gasteiger partial charge >= 0.3 is 5.97 Å². The van der Waals surface area contributed by atoms with Gasteiger partial charge in [-0.3, -0.25) is 4.79 Å². The second-order valence-corrected chi connectivity index (χ2v) is 18.9. The summed E-state index contributed by atoms with van der Waals surface area (Å²) in [4.78, 5) is 12.9. The van der Waals surface area contributed by atoms with Gasteiger partial charge in [-0.05, 0) is 97.2 Å². The van der Waals surface area contributed by atoms with Gasteiger partial charge in [0.05, 0.1) is 25.4 Å². The Labute approximate surface area is 278 Å². The zero-order valence-electron chi connectivity index (χ0n) is 29.2. The van der Waals surface area contributed by atoms with Gasteiger partial charge in [0.2, 0.25) is 0 Å². The largest absolute Gasteiger partial charge is 0.462 e. The quantitative estimate of drug-likeness (QED) is 0.234. The van der Waals surface area contributed by atoms with Crippen molar-refractivity contribution < 1.29 is 48.5 Å². The van der Waals surface area contributed by atoms with E-state index >= 15 is 0 Å². The van der Waals surface area contributed by atoms with Gasteiger partial charge in [0.25, 0.3) is 0 Å². The third-order valence-electron chi connectivity index (χ3n) is 16.6. The summed E-state index contributed by atoms with van der Waals surface area (Å²) in [6.07, 6.45) is 2.89. The molecule has 10 heteroatoms. The number of carbonyl (C=O) groups is 1. The SMILES string of the molecule is CC(=O)O[C@@H]1CC23CC24CC[C@@H](O[C@@H]2OC[C@@H](O)[C@H](O)[C@H]2O)C(C)(C)[C@@H]4CC[C@H]3C2(C)C[C@H]3OC4(C[C@@H](C)[C@@H]3C12C)OCC1(C)O[C@H]14. The monoisotopic (exact) mass is 660 g/mol. The molecule has 0 aromatic carbocycles. The molecule has 18 atom stereocenters. The zero-order valence-corrected chi connectivity index (χ0v) is 29.2. The van der Waals surface area contributed by atoms with Gasteiger partial charge in [-0.2, -0.15) is 0 Å². The highest BCUT2D eigenvalue weighted by molar-refractivity contribution is 5.66. The van der Waals surface area contributed by atoms with Crippen molar-refractivity contribution in [2.45, 2.75) is 160 Å². The molecule has 5 saturated carbocycles. The molecule has 9 fully saturated rings. The highest BCUT2D eigenvalue weighted by Crippen LogP contribution is 2.89. The van der Waals surface area contributed by atoms with Crippen molar-refractivity contribution in [1.82, 2.24) is 0 Å². The zero-order chi connectivity index (χ0) is 33.3. The number of epoxide rings is 1. The van der Waals surface area contributed by atoms with E-state index in [0.29, 0.717) is 24.4 Å². The Morgan fingerprint density at radius 3 is 2.30 bits per heavy atom. The lowest BCUT2D eigenvalue weighted by Crippen LogP contribution is -2.64. The normalized spacial score (nSPS) is 62.8. The van der Waals surface area contributed by atoms with Gasteiger partial charge in [-0.1, -0.05) is 34.6 Å². The maximum Gasteiger partial charge on any atom is 0.302 e. The second-order valence-electron chi connectivity index (χ2n) is 18.9. The highest BCUT2D eigenvalue weighted by atomic mass is 16.8. The average molecular weight is 661 g/mol. The van der Waals surface area contributed by atoms with Crippen LogP contribution in [0, 0.1) is 50.7 Å². The van der Waals surface area contributed by atoms with Crippen LogP contribution < -0.4 is 0 Å². The van der Waals surface area contributed by atoms with Gasteiger partial charge in [0.1, 0.15) is 36.1 Å². The molecule has 9 rings (SSSR count). The molecule has 264 valence electrons. The van der Waals surface area contributed by atoms with E-state index in [1.54, 1.807) is 6.92 Å². The van der Waals surface area contributed by atoms with Crippen LogP contribution in [0.25, 0.3) is 0 Å². The van der Waals surface area contributed by atoms with Gasteiger partial charge < -0.3 is 43.7 Å². The lowest BCUT2D eigenvalue weighted by molar-refractivity contribution is -0.309. The minimum atomic E-state index is -1.29. The summed E-state index contributed by atoms with van der Waals surface area (Å²) in [6.45, 7) is 16.1. The van der Waals surface area contributed by atoms with Crippen molar-refractivity contribution in [2.24, 2.45) is 50.7 Å². The van der Waals surface area contributed by atoms with Crippen molar-refractivity contribution in [3.8, 4) is 0 Å². The molecular formula is C37H56O10. The Morgan fingerprint density at radius 1 is 0.872 bits per heavy atom. The first-order valence-electron chi connectivity index (χ1n) is 18.5. The number of aliphatic hydroxyl groups is 3. The van der Waals surface area contributed by atoms with Gasteiger partial charge in [0, 0.05) is 18.8 Å². The molecule has 9 aliphatic rings. The summed E-state index contributed by atoms with van der Waals surface area (Å²) in [5, 5.41) is 31.0. The summed E-state index contributed by atoms with van der Waals surface area (Å²) >= 11 is 0. The van der Waals surface area contributed by atoms with E-state index in [-0.39, 0.29) is 75.6 Å². The van der Waals surface area contributed by atoms with Crippen LogP contribution in [0.2, 0.25) is 0 Å². The van der Waals surface area contributed by atoms with Gasteiger partial charge in [-0.25, -0.2) is 0 Å². The number of carbonyl (C=O) groups excluding carboxylic acids is 1. The highest BCUT2D eigenvalue weighted by Gasteiger charge is 2.86. The number of fused-ring (bicyclic) bond motifs is 6. The van der Waals surface area contributed by atoms with Crippen molar-refractivity contribution in [3.05, 3.63) is 0 Å². The third-order valence-corrected chi connectivity index (χ3v) is 16.6. The molecular weight excluding hydrogens is 604 g/mol. The predicted molar refractivity (Wildman–Crippen MR) is 166 cm³/mol. The number of esters is 1. The minimum absolute atomic E-state index is 0.00697. The average Bonchev–Trinajstić information content (AvgIpc) is 3.81. The van der Waals surface area contributed by atoms with Crippen LogP contribution in [-0.2, 0) is 33.2 Å². The number of ether oxygens (including phenoxy) is 6. The molecule has 6 unspecified atom stereocenters. The fraction of sp³-hybridized carbons (Fsp3) is 0.973. The molecule has 4 saturated heterocycles. The van der Waals surface area contributed by atoms with Crippen molar-refractivity contribution in [2.75, 3.05) is 13.2 Å². The van der Waals surface area contributed by atoms with E-state index in [4.69, 9.17) is 28.4 Å². The summed E-state index contributed by atoms with van der Waals surface area (Å²) < 4.78 is 38.4. The van der Waals surface area contributed by atoms with Crippen LogP contribution in [-0.4, -0.2) is 94.9 Å². The number of aliphatic hydroxyl groups excluding tert-OH is 3. The molecule has 0 bridgehead atoms. The minimum Gasteiger partial charge on any atom is -0.462 e. The van der Waals surface area contributed by atoms with E-state index in [9.17, 15) is 20.1 Å². The Morgan fingerprint density at radius 2 is 1.62 bits per heavy atom. The van der Waals surface area contributed by atoms with Crippen LogP contribution in [0.5, 0.6) is 0 Å². The van der Waals surface area contributed by atoms with Crippen LogP contribution in [0.3, 0.4) is 0 Å². The maximum absolute atomic E-state index is 12.9. The van der Waals surface area contributed by atoms with Gasteiger partial charge in [-0.15, -0.1) is 0 Å². The van der Waals surface area contributed by atoms with E-state index in [1.165, 1.54) is 0 Å². The lowest BCUT2D eigenvalue weighted by Gasteiger charge is -2.65. The second kappa shape index (κ2) is 9.52. The Bertz CT molecular complexity index is 1360. The molecule has 3 spiro atoms. The smallest absolute Gasteiger partial charge is 0.302 e. The van der Waals surface area contributed by atoms with Crippen LogP contribution in [0.1, 0.15) is 99.8 Å². The van der Waals surface area contributed by atoms with Crippen molar-refractivity contribution in [3.63, 3.8) is 0 Å². The van der Waals surface area contributed by atoms with Crippen LogP contribution in [0.15, 0.2) is 0 Å². The van der Waals surface area contributed by atoms with E-state index in [1.807, 2.05) is 0 Å². The standard InChI is InChI=1S/C37H56O10/c1-18-12-37(30-33(6,47-30)17-43-37)46-21-13-32(5)23-9-8-22-31(3,4)24(45-29-28(41)27(40)20(39)15-42-29)10-11-35(22)16-36(23,35)14-25(44-19(2)38)34(32,7)26(18)21/h18,20-30,39-41H,8-17H2,1-7H3/t18-,20-,21-,22+,23+,24-,25-,26+,27+,28-,29+,30-,32?,33?,34?,35?,36?,37?/m1/s1. The lowest BCUT2D eigenvalue weighted by atomic mass is 9.41. The maximum atomic E-state index is 12.9. The topological polar surface area (TPSA) is 136 Å². The molecule has 4 heterocycles. The summed E-state index contributed by atoms with van der Waals surface area (Å²) in [5.41, 5.74) is -0.492. The third kappa shape index (κ3) is 3.78. The van der Waals surface area contributed by atoms with E-state index in [0.717, 1.165) is 51.4 Å². The van der Waals surface area contributed by atoms with Gasteiger partial charge in [0.15, 0.2) is 12.1 Å². The molecule has 10 nitrogen and oxygen atoms in total. The number of hydrogen-bond donors (Lipinski definition) is 3. The Hall–Kier alpha value is -0.850. The van der Waals surface area contributed by atoms with E-state index < -0.39 is 30.4 Å². The van der Waals surface area contributed by atoms with Crippen molar-refractivity contribution >= 4 is 5.97 Å². The molecule has 5 aliphatic carbocycles. The summed E-state index contributed by atoms with van der Waals surface area (Å²) in [5.74, 6) is 0.642. The molecule has 3 N–H and O–H groups in total. The summed E-state index contributed by atoms with van der Waals surface area (Å²) in [6, 6.07) is 0. The first-order valence-corrected chi connectivity index (χ1v) is 18.5. The number of hydrogen-bond acceptors (Lipinski definition) is 10. The molecule has 0 aromatic heterocycles. The van der Waals surface area contributed by atoms with Crippen LogP contribution in [0.4, 0.5) is 0 Å². The summed E-state index contributed by atoms with van der Waals surface area (Å²) in [7, 11) is 0. The fourth-order valence-corrected chi connectivity index (χ4v) is 14.6. The first kappa shape index (κ1) is 32.1. The fourth-order valence-electron chi connectivity index (χ4n) is 14.6. The molecule has 0 amide bonds. The molecule has 47 heavy (non-hydrogen) atoms. The Balaban J connectivity index is 1.03. The molecule has 0 aromatic rings. The van der Waals surface area contributed by atoms with E-state index in [2.05, 4.69) is 41.5 Å². The van der Waals surface area contributed by atoms with Crippen molar-refractivity contribution in [1.29, 1.82) is 0 Å². The Kier molecular flexibility index (Phi) is 6.50.